The van der Waals surface area contributed by atoms with Crippen molar-refractivity contribution in [2.24, 2.45) is 0 Å². The SMILES string of the molecule is CC(=O)O[C@H]1C[C@H](n2cc(C(=O)NCc3ccc(-c4ccccc4)cc3)c(N)nc2=O)O[C@@H]1CO. The van der Waals surface area contributed by atoms with E-state index in [1.54, 1.807) is 0 Å². The molecule has 10 nitrogen and oxygen atoms in total. The van der Waals surface area contributed by atoms with Gasteiger partial charge in [0.25, 0.3) is 5.91 Å². The van der Waals surface area contributed by atoms with E-state index in [4.69, 9.17) is 15.2 Å². The number of anilines is 1. The van der Waals surface area contributed by atoms with E-state index in [0.29, 0.717) is 0 Å². The fourth-order valence-electron chi connectivity index (χ4n) is 3.96. The number of nitrogens with two attached hydrogens (primary N) is 1. The number of hydrogen-bond acceptors (Lipinski definition) is 8. The average molecular weight is 479 g/mol. The Kier molecular flexibility index (Phi) is 7.23. The van der Waals surface area contributed by atoms with Crippen molar-refractivity contribution in [1.29, 1.82) is 0 Å². The molecule has 0 aliphatic carbocycles. The molecule has 0 radical (unpaired) electrons. The van der Waals surface area contributed by atoms with Crippen molar-refractivity contribution < 1.29 is 24.2 Å². The van der Waals surface area contributed by atoms with E-state index in [0.717, 1.165) is 21.3 Å². The van der Waals surface area contributed by atoms with E-state index in [1.165, 1.54) is 13.1 Å². The molecule has 35 heavy (non-hydrogen) atoms. The van der Waals surface area contributed by atoms with Crippen LogP contribution < -0.4 is 16.7 Å². The smallest absolute Gasteiger partial charge is 0.351 e. The first kappa shape index (κ1) is 24.1. The van der Waals surface area contributed by atoms with E-state index in [-0.39, 0.29) is 24.3 Å². The molecule has 1 fully saturated rings. The summed E-state index contributed by atoms with van der Waals surface area (Å²) in [7, 11) is 0. The third-order valence-corrected chi connectivity index (χ3v) is 5.73. The summed E-state index contributed by atoms with van der Waals surface area (Å²) in [6, 6.07) is 17.7. The Morgan fingerprint density at radius 1 is 1.17 bits per heavy atom. The molecule has 1 amide bonds. The lowest BCUT2D eigenvalue weighted by Gasteiger charge is -2.16. The van der Waals surface area contributed by atoms with Gasteiger partial charge >= 0.3 is 11.7 Å². The van der Waals surface area contributed by atoms with E-state index < -0.39 is 42.6 Å². The summed E-state index contributed by atoms with van der Waals surface area (Å²) in [5.74, 6) is -1.25. The van der Waals surface area contributed by atoms with Gasteiger partial charge in [-0.3, -0.25) is 14.2 Å². The second-order valence-electron chi connectivity index (χ2n) is 8.17. The second-order valence-corrected chi connectivity index (χ2v) is 8.17. The van der Waals surface area contributed by atoms with Crippen LogP contribution in [-0.4, -0.2) is 45.3 Å². The van der Waals surface area contributed by atoms with Gasteiger partial charge in [-0.2, -0.15) is 4.98 Å². The van der Waals surface area contributed by atoms with Gasteiger partial charge in [-0.05, 0) is 16.7 Å². The number of rotatable bonds is 7. The first-order valence-corrected chi connectivity index (χ1v) is 11.1. The molecule has 4 rings (SSSR count). The van der Waals surface area contributed by atoms with Gasteiger partial charge in [-0.1, -0.05) is 54.6 Å². The lowest BCUT2D eigenvalue weighted by molar-refractivity contribution is -0.150. The maximum atomic E-state index is 12.8. The van der Waals surface area contributed by atoms with Crippen LogP contribution in [0.25, 0.3) is 11.1 Å². The van der Waals surface area contributed by atoms with Crippen molar-refractivity contribution in [2.45, 2.75) is 38.3 Å². The Morgan fingerprint density at radius 2 is 1.86 bits per heavy atom. The lowest BCUT2D eigenvalue weighted by atomic mass is 10.0. The molecule has 3 aromatic rings. The van der Waals surface area contributed by atoms with Crippen molar-refractivity contribution in [3.05, 3.63) is 82.4 Å². The predicted molar refractivity (Wildman–Crippen MR) is 127 cm³/mol. The van der Waals surface area contributed by atoms with E-state index in [1.807, 2.05) is 54.6 Å². The standard InChI is InChI=1S/C25H26N4O6/c1-15(31)34-20-11-22(35-21(20)14-30)29-13-19(23(26)28-25(29)33)24(32)27-12-16-7-9-18(10-8-16)17-5-3-2-4-6-17/h2-10,13,20-22,30H,11-12,14H2,1H3,(H,27,32)(H2,26,28,33)/t20-,21+,22+/m0/s1. The van der Waals surface area contributed by atoms with Gasteiger partial charge in [-0.15, -0.1) is 0 Å². The molecule has 0 spiro atoms. The first-order valence-electron chi connectivity index (χ1n) is 11.1. The molecule has 1 aliphatic rings. The van der Waals surface area contributed by atoms with E-state index >= 15 is 0 Å². The number of nitrogens with one attached hydrogen (secondary N) is 1. The molecule has 1 saturated heterocycles. The Hall–Kier alpha value is -4.02. The van der Waals surface area contributed by atoms with Gasteiger partial charge in [0.1, 0.15) is 24.3 Å². The summed E-state index contributed by atoms with van der Waals surface area (Å²) in [4.78, 5) is 40.4. The number of nitrogen functional groups attached to an aromatic ring is 1. The summed E-state index contributed by atoms with van der Waals surface area (Å²) >= 11 is 0. The molecule has 182 valence electrons. The molecule has 2 heterocycles. The maximum absolute atomic E-state index is 12.8. The van der Waals surface area contributed by atoms with Crippen LogP contribution in [0.15, 0.2) is 65.6 Å². The molecule has 0 saturated carbocycles. The average Bonchev–Trinajstić information content (AvgIpc) is 3.25. The molecule has 0 unspecified atom stereocenters. The molecule has 3 atom stereocenters. The van der Waals surface area contributed by atoms with Crippen LogP contribution in [-0.2, 0) is 20.8 Å². The number of aliphatic hydroxyl groups excluding tert-OH is 1. The number of hydrogen-bond donors (Lipinski definition) is 3. The number of aromatic nitrogens is 2. The molecule has 1 aromatic heterocycles. The zero-order valence-corrected chi connectivity index (χ0v) is 19.1. The summed E-state index contributed by atoms with van der Waals surface area (Å²) < 4.78 is 12.0. The van der Waals surface area contributed by atoms with Crippen molar-refractivity contribution in [1.82, 2.24) is 14.9 Å². The van der Waals surface area contributed by atoms with Gasteiger partial charge in [0, 0.05) is 26.1 Å². The molecule has 0 bridgehead atoms. The van der Waals surface area contributed by atoms with Gasteiger partial charge < -0.3 is 25.6 Å². The van der Waals surface area contributed by atoms with Crippen molar-refractivity contribution >= 4 is 17.7 Å². The highest BCUT2D eigenvalue weighted by Crippen LogP contribution is 2.30. The van der Waals surface area contributed by atoms with Gasteiger partial charge in [0.05, 0.1) is 12.2 Å². The Bertz CT molecular complexity index is 1260. The van der Waals surface area contributed by atoms with Crippen molar-refractivity contribution in [3.8, 4) is 11.1 Å². The van der Waals surface area contributed by atoms with Crippen molar-refractivity contribution in [2.75, 3.05) is 12.3 Å². The van der Waals surface area contributed by atoms with Gasteiger partial charge in [-0.25, -0.2) is 4.79 Å². The number of carbonyl (C=O) groups is 2. The Labute approximate surface area is 201 Å². The summed E-state index contributed by atoms with van der Waals surface area (Å²) in [5, 5.41) is 12.3. The van der Waals surface area contributed by atoms with Gasteiger partial charge in [0.15, 0.2) is 0 Å². The normalized spacial score (nSPS) is 19.3. The van der Waals surface area contributed by atoms with Crippen LogP contribution in [0.1, 0.15) is 35.5 Å². The van der Waals surface area contributed by atoms with Crippen LogP contribution in [0.2, 0.25) is 0 Å². The molecular formula is C25H26N4O6. The third-order valence-electron chi connectivity index (χ3n) is 5.73. The largest absolute Gasteiger partial charge is 0.460 e. The number of carbonyl (C=O) groups excluding carboxylic acids is 2. The third kappa shape index (κ3) is 5.56. The topological polar surface area (TPSA) is 146 Å². The quantitative estimate of drug-likeness (QED) is 0.435. The first-order chi connectivity index (χ1) is 16.9. The van der Waals surface area contributed by atoms with Gasteiger partial charge in [0.2, 0.25) is 0 Å². The number of amides is 1. The predicted octanol–water partition coefficient (Wildman–Crippen LogP) is 1.63. The van der Waals surface area contributed by atoms with Crippen LogP contribution in [0.4, 0.5) is 5.82 Å². The van der Waals surface area contributed by atoms with Crippen LogP contribution >= 0.6 is 0 Å². The minimum atomic E-state index is -0.880. The monoisotopic (exact) mass is 478 g/mol. The Morgan fingerprint density at radius 3 is 2.51 bits per heavy atom. The van der Waals surface area contributed by atoms with Crippen LogP contribution in [0, 0.1) is 0 Å². The fraction of sp³-hybridized carbons (Fsp3) is 0.280. The summed E-state index contributed by atoms with van der Waals surface area (Å²) in [6.07, 6.45) is -1.03. The highest BCUT2D eigenvalue weighted by Gasteiger charge is 2.39. The summed E-state index contributed by atoms with van der Waals surface area (Å²) in [6.45, 7) is 1.09. The zero-order chi connectivity index (χ0) is 24.9. The minimum Gasteiger partial charge on any atom is -0.460 e. The van der Waals surface area contributed by atoms with Crippen LogP contribution in [0.5, 0.6) is 0 Å². The number of benzene rings is 2. The number of ether oxygens (including phenoxy) is 2. The lowest BCUT2D eigenvalue weighted by Crippen LogP contribution is -2.32. The fourth-order valence-corrected chi connectivity index (χ4v) is 3.96. The number of aliphatic hydroxyl groups is 1. The zero-order valence-electron chi connectivity index (χ0n) is 19.1. The van der Waals surface area contributed by atoms with E-state index in [9.17, 15) is 19.5 Å². The molecule has 2 aromatic carbocycles. The second kappa shape index (κ2) is 10.5. The molecular weight excluding hydrogens is 452 g/mol. The molecule has 10 heteroatoms. The Balaban J connectivity index is 1.46. The van der Waals surface area contributed by atoms with Crippen molar-refractivity contribution in [3.63, 3.8) is 0 Å². The van der Waals surface area contributed by atoms with E-state index in [2.05, 4.69) is 10.3 Å². The minimum absolute atomic E-state index is 0.00518. The molecule has 4 N–H and O–H groups in total. The highest BCUT2D eigenvalue weighted by molar-refractivity contribution is 5.97. The molecule has 1 aliphatic heterocycles. The number of esters is 1. The summed E-state index contributed by atoms with van der Waals surface area (Å²) in [5.41, 5.74) is 8.18. The number of nitrogens with zero attached hydrogens (tertiary/aromatic N) is 2. The maximum Gasteiger partial charge on any atom is 0.351 e. The highest BCUT2D eigenvalue weighted by atomic mass is 16.6. The van der Waals surface area contributed by atoms with Crippen LogP contribution in [0.3, 0.4) is 0 Å².